The zero-order chi connectivity index (χ0) is 17.6. The molecule has 2 amide bonds. The van der Waals surface area contributed by atoms with Gasteiger partial charge in [0.2, 0.25) is 5.91 Å². The summed E-state index contributed by atoms with van der Waals surface area (Å²) >= 11 is 1.36. The molecule has 2 aliphatic heterocycles. The van der Waals surface area contributed by atoms with Gasteiger partial charge in [-0.25, -0.2) is 0 Å². The minimum Gasteiger partial charge on any atom is -0.548 e. The van der Waals surface area contributed by atoms with E-state index < -0.39 is 28.8 Å². The van der Waals surface area contributed by atoms with Crippen LogP contribution in [0.25, 0.3) is 0 Å². The minimum atomic E-state index is -1.27. The van der Waals surface area contributed by atoms with Crippen LogP contribution in [0.1, 0.15) is 25.5 Å². The number of nitrogens with zero attached hydrogens (tertiary/aromatic N) is 1. The molecule has 0 aromatic heterocycles. The number of rotatable bonds is 4. The Morgan fingerprint density at radius 3 is 2.54 bits per heavy atom. The van der Waals surface area contributed by atoms with Gasteiger partial charge in [0.15, 0.2) is 6.04 Å². The standard InChI is InChI=1S/C16H19N3O4S/c1-16(2)11(15(22)23)19-13(21)10(14(19)24-16)18-12(20)9(17)8-6-4-3-5-7-8/h3-7,9-11,14H,17H2,1-2H3,(H,18,20)(H,22,23)/t9-,10-,11-,14+/m1/s1. The number of fused-ring (bicyclic) bond motifs is 1. The van der Waals surface area contributed by atoms with E-state index in [4.69, 9.17) is 0 Å². The van der Waals surface area contributed by atoms with Crippen molar-refractivity contribution < 1.29 is 25.2 Å². The quantitative estimate of drug-likeness (QED) is 0.626. The number of carbonyl (C=O) groups excluding carboxylic acids is 3. The van der Waals surface area contributed by atoms with Gasteiger partial charge in [-0.3, -0.25) is 9.59 Å². The van der Waals surface area contributed by atoms with Gasteiger partial charge in [0.05, 0.1) is 12.0 Å². The maximum Gasteiger partial charge on any atom is 0.283 e. The van der Waals surface area contributed by atoms with E-state index in [2.05, 4.69) is 11.1 Å². The van der Waals surface area contributed by atoms with Crippen LogP contribution in [0.15, 0.2) is 30.3 Å². The molecule has 0 aliphatic carbocycles. The predicted molar refractivity (Wildman–Crippen MR) is 85.1 cm³/mol. The lowest BCUT2D eigenvalue weighted by Gasteiger charge is -2.45. The Bertz CT molecular complexity index is 694. The second kappa shape index (κ2) is 5.78. The fourth-order valence-electron chi connectivity index (χ4n) is 3.22. The lowest BCUT2D eigenvalue weighted by atomic mass is 9.95. The molecule has 0 saturated carbocycles. The molecule has 0 bridgehead atoms. The number of nitrogens with one attached hydrogen (secondary N) is 1. The summed E-state index contributed by atoms with van der Waals surface area (Å²) < 4.78 is -0.665. The van der Waals surface area contributed by atoms with Gasteiger partial charge in [-0.05, 0) is 13.8 Å². The molecule has 4 atom stereocenters. The molecule has 0 radical (unpaired) electrons. The number of hydrogen-bond donors (Lipinski definition) is 2. The van der Waals surface area contributed by atoms with Crippen LogP contribution in [-0.2, 0) is 14.4 Å². The molecule has 1 aromatic rings. The second-order valence-electron chi connectivity index (χ2n) is 6.53. The zero-order valence-corrected chi connectivity index (χ0v) is 14.2. The van der Waals surface area contributed by atoms with Crippen LogP contribution >= 0.6 is 11.8 Å². The van der Waals surface area contributed by atoms with Crippen molar-refractivity contribution >= 4 is 29.5 Å². The monoisotopic (exact) mass is 349 g/mol. The molecule has 0 spiro atoms. The summed E-state index contributed by atoms with van der Waals surface area (Å²) in [6.07, 6.45) is 0. The molecule has 7 nitrogen and oxygen atoms in total. The van der Waals surface area contributed by atoms with Crippen LogP contribution in [-0.4, -0.2) is 44.9 Å². The normalized spacial score (nSPS) is 28.7. The molecular formula is C16H19N3O4S. The van der Waals surface area contributed by atoms with Crippen LogP contribution in [0.3, 0.4) is 0 Å². The van der Waals surface area contributed by atoms with E-state index >= 15 is 0 Å². The number of β-lactam (4-membered cyclic amide) rings is 1. The molecule has 2 fully saturated rings. The highest BCUT2D eigenvalue weighted by atomic mass is 32.2. The van der Waals surface area contributed by atoms with Crippen LogP contribution in [0, 0.1) is 0 Å². The fourth-order valence-corrected chi connectivity index (χ4v) is 4.84. The third-order valence-electron chi connectivity index (χ3n) is 4.48. The highest BCUT2D eigenvalue weighted by molar-refractivity contribution is 8.01. The Kier molecular flexibility index (Phi) is 4.05. The summed E-state index contributed by atoms with van der Waals surface area (Å²) in [7, 11) is 0. The Hall–Kier alpha value is -2.06. The first-order chi connectivity index (χ1) is 11.2. The van der Waals surface area contributed by atoms with E-state index in [1.165, 1.54) is 16.7 Å². The number of carbonyl (C=O) groups is 3. The van der Waals surface area contributed by atoms with Crippen molar-refractivity contribution in [3.8, 4) is 0 Å². The highest BCUT2D eigenvalue weighted by Crippen LogP contribution is 2.50. The third-order valence-corrected chi connectivity index (χ3v) is 6.05. The average Bonchev–Trinajstić information content (AvgIpc) is 2.80. The molecule has 24 heavy (non-hydrogen) atoms. The predicted octanol–water partition coefficient (Wildman–Crippen LogP) is -1.73. The number of aliphatic carboxylic acids is 1. The highest BCUT2D eigenvalue weighted by Gasteiger charge is 2.62. The van der Waals surface area contributed by atoms with Crippen molar-refractivity contribution in [2.75, 3.05) is 0 Å². The van der Waals surface area contributed by atoms with Gasteiger partial charge in [0.25, 0.3) is 5.91 Å². The largest absolute Gasteiger partial charge is 0.548 e. The first kappa shape index (κ1) is 16.8. The summed E-state index contributed by atoms with van der Waals surface area (Å²) in [5.74, 6) is -2.01. The van der Waals surface area contributed by atoms with Crippen molar-refractivity contribution in [1.82, 2.24) is 10.2 Å². The van der Waals surface area contributed by atoms with Gasteiger partial charge in [0, 0.05) is 10.3 Å². The summed E-state index contributed by atoms with van der Waals surface area (Å²) in [6, 6.07) is 6.73. The van der Waals surface area contributed by atoms with Gasteiger partial charge in [0.1, 0.15) is 11.4 Å². The number of carboxylic acids is 1. The smallest absolute Gasteiger partial charge is 0.283 e. The lowest BCUT2D eigenvalue weighted by Crippen LogP contribution is -2.73. The van der Waals surface area contributed by atoms with E-state index in [1.807, 2.05) is 18.2 Å². The third kappa shape index (κ3) is 2.55. The van der Waals surface area contributed by atoms with Crippen molar-refractivity contribution in [2.24, 2.45) is 0 Å². The summed E-state index contributed by atoms with van der Waals surface area (Å²) in [5.41, 5.74) is 4.61. The number of benzene rings is 1. The molecule has 1 aromatic carbocycles. The number of hydrogen-bond acceptors (Lipinski definition) is 5. The van der Waals surface area contributed by atoms with Gasteiger partial charge in [-0.1, -0.05) is 30.3 Å². The second-order valence-corrected chi connectivity index (χ2v) is 8.30. The number of thioether (sulfide) groups is 1. The topological polar surface area (TPSA) is 117 Å². The Morgan fingerprint density at radius 1 is 1.33 bits per heavy atom. The van der Waals surface area contributed by atoms with E-state index in [1.54, 1.807) is 26.0 Å². The number of quaternary nitrogens is 1. The van der Waals surface area contributed by atoms with Crippen molar-refractivity contribution in [1.29, 1.82) is 0 Å². The van der Waals surface area contributed by atoms with Crippen LogP contribution < -0.4 is 16.2 Å². The van der Waals surface area contributed by atoms with Crippen molar-refractivity contribution in [3.63, 3.8) is 0 Å². The Balaban J connectivity index is 1.71. The van der Waals surface area contributed by atoms with Crippen molar-refractivity contribution in [2.45, 2.75) is 42.1 Å². The first-order valence-electron chi connectivity index (χ1n) is 7.63. The molecule has 2 heterocycles. The van der Waals surface area contributed by atoms with E-state index in [9.17, 15) is 19.5 Å². The van der Waals surface area contributed by atoms with Gasteiger partial charge in [-0.15, -0.1) is 11.8 Å². The Labute approximate surface area is 143 Å². The molecule has 2 saturated heterocycles. The molecule has 4 N–H and O–H groups in total. The van der Waals surface area contributed by atoms with Gasteiger partial charge < -0.3 is 25.9 Å². The van der Waals surface area contributed by atoms with Crippen molar-refractivity contribution in [3.05, 3.63) is 35.9 Å². The molecule has 128 valence electrons. The zero-order valence-electron chi connectivity index (χ0n) is 13.4. The lowest BCUT2D eigenvalue weighted by molar-refractivity contribution is -0.409. The number of carboxylic acid groups (broad SMARTS) is 1. The first-order valence-corrected chi connectivity index (χ1v) is 8.51. The van der Waals surface area contributed by atoms with E-state index in [-0.39, 0.29) is 17.2 Å². The molecule has 3 rings (SSSR count). The molecule has 0 unspecified atom stereocenters. The average molecular weight is 349 g/mol. The van der Waals surface area contributed by atoms with Crippen LogP contribution in [0.5, 0.6) is 0 Å². The van der Waals surface area contributed by atoms with Crippen LogP contribution in [0.4, 0.5) is 0 Å². The maximum atomic E-state index is 12.4. The minimum absolute atomic E-state index is 0.352. The molecule has 2 aliphatic rings. The SMILES string of the molecule is CC1(C)S[C@H]2[C@H](NC(=O)[C@H]([NH3+])c3ccccc3)C(=O)N2[C@@H]1C(=O)[O-]. The summed E-state index contributed by atoms with van der Waals surface area (Å²) in [5, 5.41) is 13.7. The number of amides is 2. The van der Waals surface area contributed by atoms with Gasteiger partial charge >= 0.3 is 0 Å². The molecular weight excluding hydrogens is 330 g/mol. The molecule has 8 heteroatoms. The van der Waals surface area contributed by atoms with Crippen LogP contribution in [0.2, 0.25) is 0 Å². The van der Waals surface area contributed by atoms with Gasteiger partial charge in [-0.2, -0.15) is 0 Å². The summed E-state index contributed by atoms with van der Waals surface area (Å²) in [4.78, 5) is 37.4. The Morgan fingerprint density at radius 2 is 1.96 bits per heavy atom. The van der Waals surface area contributed by atoms with E-state index in [0.717, 1.165) is 5.56 Å². The van der Waals surface area contributed by atoms with E-state index in [0.29, 0.717) is 0 Å². The maximum absolute atomic E-state index is 12.4. The fraction of sp³-hybridized carbons (Fsp3) is 0.438. The summed E-state index contributed by atoms with van der Waals surface area (Å²) in [6.45, 7) is 3.52.